The summed E-state index contributed by atoms with van der Waals surface area (Å²) in [5.41, 5.74) is 0.163. The predicted molar refractivity (Wildman–Crippen MR) is 130 cm³/mol. The Morgan fingerprint density at radius 3 is 2.56 bits per heavy atom. The standard InChI is InChI=1S/C24H31N5O6S/c1-16(2)14-20(27-23(31)19-8-4-6-12-25-19)24(32)26-18-11-10-17(3)29(15-21(18)30)36(34,35)22-9-5-7-13-28(22)33/h4-9,12-13,16-18,20H,10-11,14-15H2,1-3H3,(H,26,32)(H,27,31)/t17-,18+,20+/m1/s1. The molecule has 3 rings (SSSR count). The number of Topliss-reactive ketones (excluding diaryl/α,β-unsaturated/α-hetero) is 1. The molecule has 0 radical (unpaired) electrons. The molecule has 0 aromatic carbocycles. The average Bonchev–Trinajstić information content (AvgIpc) is 2.98. The molecule has 11 nitrogen and oxygen atoms in total. The van der Waals surface area contributed by atoms with Gasteiger partial charge in [0.25, 0.3) is 5.91 Å². The maximum Gasteiger partial charge on any atom is 0.323 e. The van der Waals surface area contributed by atoms with Crippen LogP contribution in [0, 0.1) is 11.1 Å². The molecule has 1 aliphatic heterocycles. The Kier molecular flexibility index (Phi) is 8.75. The number of carbonyl (C=O) groups is 3. The minimum absolute atomic E-state index is 0.0694. The molecule has 0 saturated carbocycles. The number of carbonyl (C=O) groups excluding carboxylic acids is 3. The topological polar surface area (TPSA) is 152 Å². The van der Waals surface area contributed by atoms with E-state index in [1.165, 1.54) is 30.5 Å². The van der Waals surface area contributed by atoms with Crippen LogP contribution in [0.2, 0.25) is 0 Å². The fourth-order valence-electron chi connectivity index (χ4n) is 4.04. The highest BCUT2D eigenvalue weighted by atomic mass is 32.2. The smallest absolute Gasteiger partial charge is 0.323 e. The second kappa shape index (κ2) is 11.6. The van der Waals surface area contributed by atoms with Gasteiger partial charge in [0.2, 0.25) is 5.91 Å². The predicted octanol–water partition coefficient (Wildman–Crippen LogP) is 0.787. The third-order valence-electron chi connectivity index (χ3n) is 5.97. The first-order chi connectivity index (χ1) is 17.0. The third kappa shape index (κ3) is 6.43. The van der Waals surface area contributed by atoms with Crippen molar-refractivity contribution >= 4 is 27.6 Å². The van der Waals surface area contributed by atoms with Gasteiger partial charge >= 0.3 is 15.0 Å². The van der Waals surface area contributed by atoms with Crippen LogP contribution < -0.4 is 15.4 Å². The zero-order valence-corrected chi connectivity index (χ0v) is 21.3. The molecule has 0 unspecified atom stereocenters. The van der Waals surface area contributed by atoms with E-state index in [0.29, 0.717) is 6.42 Å². The lowest BCUT2D eigenvalue weighted by Crippen LogP contribution is -2.53. The summed E-state index contributed by atoms with van der Waals surface area (Å²) in [5, 5.41) is 17.0. The number of hydrogen-bond donors (Lipinski definition) is 2. The Morgan fingerprint density at radius 2 is 1.92 bits per heavy atom. The van der Waals surface area contributed by atoms with Crippen molar-refractivity contribution < 1.29 is 27.5 Å². The highest BCUT2D eigenvalue weighted by Gasteiger charge is 2.40. The summed E-state index contributed by atoms with van der Waals surface area (Å²) in [5.74, 6) is -1.47. The number of pyridine rings is 2. The van der Waals surface area contributed by atoms with E-state index in [9.17, 15) is 28.0 Å². The molecular formula is C24H31N5O6S. The van der Waals surface area contributed by atoms with Crippen molar-refractivity contribution in [2.75, 3.05) is 6.54 Å². The Balaban J connectivity index is 1.74. The molecule has 2 aromatic rings. The van der Waals surface area contributed by atoms with Crippen LogP contribution >= 0.6 is 0 Å². The summed E-state index contributed by atoms with van der Waals surface area (Å²) in [6.45, 7) is 4.97. The number of ketones is 1. The first-order valence-electron chi connectivity index (χ1n) is 11.8. The van der Waals surface area contributed by atoms with Crippen LogP contribution in [0.25, 0.3) is 0 Å². The van der Waals surface area contributed by atoms with Crippen LogP contribution in [0.4, 0.5) is 0 Å². The van der Waals surface area contributed by atoms with Crippen molar-refractivity contribution in [1.29, 1.82) is 0 Å². The van der Waals surface area contributed by atoms with Gasteiger partial charge in [0.05, 0.1) is 12.6 Å². The molecule has 3 heterocycles. The van der Waals surface area contributed by atoms with E-state index in [-0.39, 0.29) is 29.2 Å². The molecule has 12 heteroatoms. The Hall–Kier alpha value is -3.38. The van der Waals surface area contributed by atoms with E-state index in [4.69, 9.17) is 0 Å². The van der Waals surface area contributed by atoms with E-state index in [1.807, 2.05) is 13.8 Å². The van der Waals surface area contributed by atoms with E-state index >= 15 is 0 Å². The minimum Gasteiger partial charge on any atom is -0.618 e. The summed E-state index contributed by atoms with van der Waals surface area (Å²) in [6.07, 6.45) is 3.39. The Bertz CT molecular complexity index is 1200. The SMILES string of the molecule is CC(C)C[C@H](NC(=O)c1ccccn1)C(=O)N[C@H]1CC[C@@H](C)N(S(=O)(=O)c2cccc[n+]2[O-])CC1=O. The van der Waals surface area contributed by atoms with E-state index < -0.39 is 57.3 Å². The molecule has 0 bridgehead atoms. The van der Waals surface area contributed by atoms with Crippen molar-refractivity contribution in [3.8, 4) is 0 Å². The molecule has 36 heavy (non-hydrogen) atoms. The number of amides is 2. The van der Waals surface area contributed by atoms with Gasteiger partial charge in [-0.15, -0.1) is 0 Å². The molecule has 2 aromatic heterocycles. The van der Waals surface area contributed by atoms with Gasteiger partial charge in [0.1, 0.15) is 11.7 Å². The second-order valence-corrected chi connectivity index (χ2v) is 11.1. The fraction of sp³-hybridized carbons (Fsp3) is 0.458. The number of rotatable bonds is 8. The number of hydrogen-bond acceptors (Lipinski definition) is 7. The van der Waals surface area contributed by atoms with Gasteiger partial charge in [-0.05, 0) is 50.3 Å². The van der Waals surface area contributed by atoms with Gasteiger partial charge in [-0.2, -0.15) is 9.04 Å². The van der Waals surface area contributed by atoms with Gasteiger partial charge in [-0.1, -0.05) is 19.9 Å². The quantitative estimate of drug-likeness (QED) is 0.388. The lowest BCUT2D eigenvalue weighted by Gasteiger charge is -2.24. The van der Waals surface area contributed by atoms with Crippen LogP contribution in [0.5, 0.6) is 0 Å². The molecule has 1 aliphatic rings. The van der Waals surface area contributed by atoms with Gasteiger partial charge < -0.3 is 15.8 Å². The maximum absolute atomic E-state index is 13.1. The van der Waals surface area contributed by atoms with Crippen molar-refractivity contribution in [3.63, 3.8) is 0 Å². The molecule has 1 fully saturated rings. The summed E-state index contributed by atoms with van der Waals surface area (Å²) in [6, 6.07) is 6.48. The Labute approximate surface area is 210 Å². The average molecular weight is 518 g/mol. The van der Waals surface area contributed by atoms with Gasteiger partial charge in [0, 0.05) is 24.4 Å². The molecule has 194 valence electrons. The van der Waals surface area contributed by atoms with Crippen molar-refractivity contribution in [2.24, 2.45) is 5.92 Å². The third-order valence-corrected chi connectivity index (χ3v) is 7.92. The summed E-state index contributed by atoms with van der Waals surface area (Å²) >= 11 is 0. The van der Waals surface area contributed by atoms with Gasteiger partial charge in [-0.3, -0.25) is 19.4 Å². The number of nitrogens with zero attached hydrogens (tertiary/aromatic N) is 3. The molecular weight excluding hydrogens is 486 g/mol. The highest BCUT2D eigenvalue weighted by Crippen LogP contribution is 2.22. The van der Waals surface area contributed by atoms with E-state index in [0.717, 1.165) is 10.5 Å². The van der Waals surface area contributed by atoms with Gasteiger partial charge in [-0.25, -0.2) is 8.42 Å². The summed E-state index contributed by atoms with van der Waals surface area (Å²) < 4.78 is 27.5. The molecule has 2 amide bonds. The largest absolute Gasteiger partial charge is 0.618 e. The highest BCUT2D eigenvalue weighted by molar-refractivity contribution is 7.89. The van der Waals surface area contributed by atoms with Crippen LogP contribution in [0.15, 0.2) is 53.8 Å². The zero-order valence-electron chi connectivity index (χ0n) is 20.5. The lowest BCUT2D eigenvalue weighted by molar-refractivity contribution is -0.646. The van der Waals surface area contributed by atoms with Gasteiger partial charge in [0.15, 0.2) is 12.0 Å². The zero-order chi connectivity index (χ0) is 26.5. The summed E-state index contributed by atoms with van der Waals surface area (Å²) in [7, 11) is -4.24. The molecule has 0 aliphatic carbocycles. The molecule has 1 saturated heterocycles. The monoisotopic (exact) mass is 517 g/mol. The summed E-state index contributed by atoms with van der Waals surface area (Å²) in [4.78, 5) is 42.8. The minimum atomic E-state index is -4.24. The van der Waals surface area contributed by atoms with Crippen LogP contribution in [0.1, 0.15) is 50.5 Å². The van der Waals surface area contributed by atoms with Crippen LogP contribution in [0.3, 0.4) is 0 Å². The Morgan fingerprint density at radius 1 is 1.19 bits per heavy atom. The second-order valence-electron chi connectivity index (χ2n) is 9.24. The molecule has 3 atom stereocenters. The van der Waals surface area contributed by atoms with Crippen LogP contribution in [-0.2, 0) is 19.6 Å². The van der Waals surface area contributed by atoms with Crippen molar-refractivity contribution in [3.05, 3.63) is 59.7 Å². The van der Waals surface area contributed by atoms with E-state index in [1.54, 1.807) is 19.1 Å². The fourth-order valence-corrected chi connectivity index (χ4v) is 5.70. The van der Waals surface area contributed by atoms with Crippen molar-refractivity contribution in [1.82, 2.24) is 19.9 Å². The first-order valence-corrected chi connectivity index (χ1v) is 13.2. The van der Waals surface area contributed by atoms with Crippen molar-refractivity contribution in [2.45, 2.75) is 63.2 Å². The molecule has 0 spiro atoms. The van der Waals surface area contributed by atoms with E-state index in [2.05, 4.69) is 15.6 Å². The molecule has 2 N–H and O–H groups in total. The number of sulfonamides is 1. The maximum atomic E-state index is 13.1. The first kappa shape index (κ1) is 27.2. The number of nitrogens with one attached hydrogen (secondary N) is 2. The lowest BCUT2D eigenvalue weighted by atomic mass is 10.0. The normalized spacial score (nSPS) is 19.9. The number of aromatic nitrogens is 2. The van der Waals surface area contributed by atoms with Crippen LogP contribution in [-0.4, -0.2) is 60.0 Å².